The van der Waals surface area contributed by atoms with Crippen molar-refractivity contribution in [1.29, 1.82) is 5.26 Å². The number of nitrogens with one attached hydrogen (secondary N) is 1. The number of anilines is 2. The molecule has 0 saturated carbocycles. The Hall–Kier alpha value is -2.61. The molecule has 0 atom stereocenters. The highest BCUT2D eigenvalue weighted by Crippen LogP contribution is 2.20. The lowest BCUT2D eigenvalue weighted by Gasteiger charge is -2.07. The van der Waals surface area contributed by atoms with E-state index in [-0.39, 0.29) is 5.69 Å². The quantitative estimate of drug-likeness (QED) is 0.867. The summed E-state index contributed by atoms with van der Waals surface area (Å²) < 4.78 is 5.11. The first-order chi connectivity index (χ1) is 8.33. The molecule has 5 heteroatoms. The van der Waals surface area contributed by atoms with Gasteiger partial charge in [-0.3, -0.25) is 0 Å². The molecule has 0 bridgehead atoms. The first-order valence-corrected chi connectivity index (χ1v) is 4.95. The van der Waals surface area contributed by atoms with E-state index in [9.17, 15) is 0 Å². The van der Waals surface area contributed by atoms with E-state index >= 15 is 0 Å². The molecule has 0 spiro atoms. The van der Waals surface area contributed by atoms with Crippen LogP contribution in [0.1, 0.15) is 5.69 Å². The predicted molar refractivity (Wildman–Crippen MR) is 63.0 cm³/mol. The second kappa shape index (κ2) is 4.94. The third kappa shape index (κ3) is 2.49. The number of ether oxygens (including phenoxy) is 1. The Bertz CT molecular complexity index is 562. The Labute approximate surface area is 98.7 Å². The van der Waals surface area contributed by atoms with Crippen LogP contribution in [-0.2, 0) is 0 Å². The highest BCUT2D eigenvalue weighted by Gasteiger charge is 2.04. The van der Waals surface area contributed by atoms with Gasteiger partial charge < -0.3 is 10.1 Å². The van der Waals surface area contributed by atoms with E-state index in [1.165, 1.54) is 12.4 Å². The smallest absolute Gasteiger partial charge is 0.183 e. The fourth-order valence-electron chi connectivity index (χ4n) is 1.35. The molecule has 0 aliphatic carbocycles. The Morgan fingerprint density at radius 1 is 1.29 bits per heavy atom. The van der Waals surface area contributed by atoms with Gasteiger partial charge in [-0.1, -0.05) is 6.07 Å². The van der Waals surface area contributed by atoms with Gasteiger partial charge in [0, 0.05) is 24.1 Å². The van der Waals surface area contributed by atoms with E-state index in [4.69, 9.17) is 10.00 Å². The summed E-state index contributed by atoms with van der Waals surface area (Å²) in [6.45, 7) is 0. The molecule has 0 amide bonds. The number of nitrogens with zero attached hydrogens (tertiary/aromatic N) is 3. The molecule has 0 aliphatic heterocycles. The van der Waals surface area contributed by atoms with Crippen molar-refractivity contribution in [2.24, 2.45) is 0 Å². The molecule has 0 aliphatic rings. The van der Waals surface area contributed by atoms with Crippen LogP contribution in [0.15, 0.2) is 36.7 Å². The molecule has 2 aromatic rings. The summed E-state index contributed by atoms with van der Waals surface area (Å²) in [5.74, 6) is 1.17. The van der Waals surface area contributed by atoms with Crippen LogP contribution in [0.25, 0.3) is 0 Å². The lowest BCUT2D eigenvalue weighted by Crippen LogP contribution is -1.98. The SMILES string of the molecule is COc1cccc(Nc2nccnc2C#N)c1. The maximum absolute atomic E-state index is 8.88. The summed E-state index contributed by atoms with van der Waals surface area (Å²) in [5.41, 5.74) is 1.05. The average molecular weight is 226 g/mol. The van der Waals surface area contributed by atoms with Crippen LogP contribution in [0, 0.1) is 11.3 Å². The molecule has 1 aromatic heterocycles. The molecular weight excluding hydrogens is 216 g/mol. The van der Waals surface area contributed by atoms with Gasteiger partial charge >= 0.3 is 0 Å². The zero-order valence-corrected chi connectivity index (χ0v) is 9.21. The summed E-state index contributed by atoms with van der Waals surface area (Å²) in [6, 6.07) is 9.34. The van der Waals surface area contributed by atoms with Gasteiger partial charge in [0.2, 0.25) is 0 Å². The Kier molecular flexibility index (Phi) is 3.17. The number of rotatable bonds is 3. The van der Waals surface area contributed by atoms with E-state index < -0.39 is 0 Å². The molecule has 5 nitrogen and oxygen atoms in total. The van der Waals surface area contributed by atoms with Crippen LogP contribution < -0.4 is 10.1 Å². The standard InChI is InChI=1S/C12H10N4O/c1-17-10-4-2-3-9(7-10)16-12-11(8-13)14-5-6-15-12/h2-7H,1H3,(H,15,16). The van der Waals surface area contributed by atoms with E-state index in [1.807, 2.05) is 30.3 Å². The molecular formula is C12H10N4O. The minimum absolute atomic E-state index is 0.260. The second-order valence-electron chi connectivity index (χ2n) is 3.22. The highest BCUT2D eigenvalue weighted by molar-refractivity contribution is 5.61. The minimum Gasteiger partial charge on any atom is -0.497 e. The maximum atomic E-state index is 8.88. The van der Waals surface area contributed by atoms with Crippen molar-refractivity contribution in [3.05, 3.63) is 42.4 Å². The fourth-order valence-corrected chi connectivity index (χ4v) is 1.35. The molecule has 0 radical (unpaired) electrons. The Morgan fingerprint density at radius 2 is 2.12 bits per heavy atom. The molecule has 1 N–H and O–H groups in total. The van der Waals surface area contributed by atoms with Crippen molar-refractivity contribution in [2.45, 2.75) is 0 Å². The van der Waals surface area contributed by atoms with Crippen molar-refractivity contribution in [1.82, 2.24) is 9.97 Å². The average Bonchev–Trinajstić information content (AvgIpc) is 2.39. The minimum atomic E-state index is 0.260. The number of hydrogen-bond donors (Lipinski definition) is 1. The van der Waals surface area contributed by atoms with Gasteiger partial charge in [0.25, 0.3) is 0 Å². The van der Waals surface area contributed by atoms with E-state index in [0.717, 1.165) is 11.4 Å². The zero-order chi connectivity index (χ0) is 12.1. The van der Waals surface area contributed by atoms with Gasteiger partial charge in [0.05, 0.1) is 7.11 Å². The maximum Gasteiger partial charge on any atom is 0.183 e. The molecule has 0 unspecified atom stereocenters. The summed E-state index contributed by atoms with van der Waals surface area (Å²) in [6.07, 6.45) is 3.01. The van der Waals surface area contributed by atoms with Gasteiger partial charge in [-0.05, 0) is 12.1 Å². The number of aromatic nitrogens is 2. The number of methoxy groups -OCH3 is 1. The molecule has 17 heavy (non-hydrogen) atoms. The normalized spacial score (nSPS) is 9.41. The van der Waals surface area contributed by atoms with Crippen molar-refractivity contribution >= 4 is 11.5 Å². The Balaban J connectivity index is 2.28. The van der Waals surface area contributed by atoms with Crippen molar-refractivity contribution in [3.63, 3.8) is 0 Å². The van der Waals surface area contributed by atoms with Crippen LogP contribution in [0.3, 0.4) is 0 Å². The third-order valence-corrected chi connectivity index (χ3v) is 2.14. The van der Waals surface area contributed by atoms with Gasteiger partial charge in [0.15, 0.2) is 11.5 Å². The van der Waals surface area contributed by atoms with Crippen LogP contribution in [0.5, 0.6) is 5.75 Å². The second-order valence-corrected chi connectivity index (χ2v) is 3.22. The van der Waals surface area contributed by atoms with Crippen LogP contribution in [0.2, 0.25) is 0 Å². The van der Waals surface area contributed by atoms with Crippen LogP contribution in [-0.4, -0.2) is 17.1 Å². The Morgan fingerprint density at radius 3 is 2.88 bits per heavy atom. The predicted octanol–water partition coefficient (Wildman–Crippen LogP) is 2.10. The lowest BCUT2D eigenvalue weighted by molar-refractivity contribution is 0.415. The molecule has 0 fully saturated rings. The molecule has 84 valence electrons. The van der Waals surface area contributed by atoms with Gasteiger partial charge in [-0.25, -0.2) is 9.97 Å². The van der Waals surface area contributed by atoms with Crippen molar-refractivity contribution in [2.75, 3.05) is 12.4 Å². The monoisotopic (exact) mass is 226 g/mol. The number of benzene rings is 1. The van der Waals surface area contributed by atoms with Gasteiger partial charge in [-0.2, -0.15) is 5.26 Å². The molecule has 1 heterocycles. The fraction of sp³-hybridized carbons (Fsp3) is 0.0833. The van der Waals surface area contributed by atoms with Crippen LogP contribution in [0.4, 0.5) is 11.5 Å². The molecule has 1 aromatic carbocycles. The summed E-state index contributed by atoms with van der Waals surface area (Å²) in [5, 5.41) is 11.9. The van der Waals surface area contributed by atoms with Gasteiger partial charge in [0.1, 0.15) is 11.8 Å². The molecule has 2 rings (SSSR count). The van der Waals surface area contributed by atoms with Crippen molar-refractivity contribution < 1.29 is 4.74 Å². The topological polar surface area (TPSA) is 70.8 Å². The van der Waals surface area contributed by atoms with E-state index in [0.29, 0.717) is 5.82 Å². The number of nitriles is 1. The lowest BCUT2D eigenvalue weighted by atomic mass is 10.3. The summed E-state index contributed by atoms with van der Waals surface area (Å²) >= 11 is 0. The van der Waals surface area contributed by atoms with Gasteiger partial charge in [-0.15, -0.1) is 0 Å². The van der Waals surface area contributed by atoms with E-state index in [2.05, 4.69) is 15.3 Å². The van der Waals surface area contributed by atoms with E-state index in [1.54, 1.807) is 7.11 Å². The highest BCUT2D eigenvalue weighted by atomic mass is 16.5. The summed E-state index contributed by atoms with van der Waals surface area (Å²) in [4.78, 5) is 7.98. The largest absolute Gasteiger partial charge is 0.497 e. The first-order valence-electron chi connectivity index (χ1n) is 4.95. The molecule has 0 saturated heterocycles. The third-order valence-electron chi connectivity index (χ3n) is 2.14. The van der Waals surface area contributed by atoms with Crippen molar-refractivity contribution in [3.8, 4) is 11.8 Å². The number of hydrogen-bond acceptors (Lipinski definition) is 5. The summed E-state index contributed by atoms with van der Waals surface area (Å²) in [7, 11) is 1.60. The first kappa shape index (κ1) is 10.9. The zero-order valence-electron chi connectivity index (χ0n) is 9.21. The van der Waals surface area contributed by atoms with Crippen LogP contribution >= 0.6 is 0 Å².